The number of carbonyl (C=O) groups excluding carboxylic acids is 1. The van der Waals surface area contributed by atoms with Gasteiger partial charge in [-0.1, -0.05) is 18.2 Å². The molecule has 0 radical (unpaired) electrons. The van der Waals surface area contributed by atoms with E-state index >= 15 is 0 Å². The molecule has 0 fully saturated rings. The van der Waals surface area contributed by atoms with Crippen LogP contribution in [0.15, 0.2) is 42.6 Å². The van der Waals surface area contributed by atoms with Crippen LogP contribution in [-0.2, 0) is 0 Å². The molecular formula is C15H13N3O. The fraction of sp³-hybridized carbons (Fsp3) is 0.133. The Labute approximate surface area is 111 Å². The van der Waals surface area contributed by atoms with E-state index in [9.17, 15) is 4.79 Å². The van der Waals surface area contributed by atoms with Crippen molar-refractivity contribution in [3.63, 3.8) is 0 Å². The lowest BCUT2D eigenvalue weighted by Crippen LogP contribution is -2.22. The third-order valence-electron chi connectivity index (χ3n) is 2.75. The first-order chi connectivity index (χ1) is 9.15. The van der Waals surface area contributed by atoms with Gasteiger partial charge in [-0.3, -0.25) is 9.78 Å². The monoisotopic (exact) mass is 251 g/mol. The third kappa shape index (κ3) is 2.45. The Morgan fingerprint density at radius 2 is 1.95 bits per heavy atom. The van der Waals surface area contributed by atoms with Gasteiger partial charge in [-0.15, -0.1) is 0 Å². The number of benzene rings is 1. The van der Waals surface area contributed by atoms with Gasteiger partial charge >= 0.3 is 0 Å². The van der Waals surface area contributed by atoms with Crippen molar-refractivity contribution in [3.8, 4) is 17.3 Å². The summed E-state index contributed by atoms with van der Waals surface area (Å²) in [6.07, 6.45) is 1.62. The molecule has 0 saturated heterocycles. The minimum absolute atomic E-state index is 0.129. The van der Waals surface area contributed by atoms with Crippen LogP contribution in [0, 0.1) is 11.3 Å². The van der Waals surface area contributed by atoms with Crippen molar-refractivity contribution in [3.05, 3.63) is 53.7 Å². The first kappa shape index (κ1) is 12.8. The van der Waals surface area contributed by atoms with Crippen LogP contribution in [-0.4, -0.2) is 29.9 Å². The maximum absolute atomic E-state index is 12.1. The van der Waals surface area contributed by atoms with Crippen molar-refractivity contribution in [1.82, 2.24) is 9.88 Å². The Hall–Kier alpha value is -2.67. The Balaban J connectivity index is 2.64. The summed E-state index contributed by atoms with van der Waals surface area (Å²) >= 11 is 0. The summed E-state index contributed by atoms with van der Waals surface area (Å²) in [6, 6.07) is 12.7. The molecule has 94 valence electrons. The second kappa shape index (κ2) is 5.32. The lowest BCUT2D eigenvalue weighted by Gasteiger charge is -2.13. The van der Waals surface area contributed by atoms with Crippen LogP contribution in [0.3, 0.4) is 0 Å². The molecule has 4 heteroatoms. The fourth-order valence-electron chi connectivity index (χ4n) is 1.82. The summed E-state index contributed by atoms with van der Waals surface area (Å²) in [6.45, 7) is 0. The standard InChI is InChI=1S/C15H13N3O/c1-18(2)15(19)13-8-5-9-17-14(13)12-7-4-3-6-11(12)10-16/h3-9H,1-2H3. The largest absolute Gasteiger partial charge is 0.345 e. The second-order valence-corrected chi connectivity index (χ2v) is 4.26. The highest BCUT2D eigenvalue weighted by molar-refractivity contribution is 6.00. The van der Waals surface area contributed by atoms with Crippen molar-refractivity contribution >= 4 is 5.91 Å². The molecule has 19 heavy (non-hydrogen) atoms. The van der Waals surface area contributed by atoms with E-state index in [1.165, 1.54) is 4.90 Å². The number of nitriles is 1. The number of rotatable bonds is 2. The van der Waals surface area contributed by atoms with Gasteiger partial charge in [-0.2, -0.15) is 5.26 Å². The molecule has 0 bridgehead atoms. The van der Waals surface area contributed by atoms with E-state index in [4.69, 9.17) is 5.26 Å². The van der Waals surface area contributed by atoms with Gasteiger partial charge < -0.3 is 4.90 Å². The van der Waals surface area contributed by atoms with Crippen molar-refractivity contribution in [2.45, 2.75) is 0 Å². The van der Waals surface area contributed by atoms with E-state index in [2.05, 4.69) is 11.1 Å². The molecule has 1 amide bonds. The van der Waals surface area contributed by atoms with Crippen molar-refractivity contribution in [2.24, 2.45) is 0 Å². The molecule has 1 aromatic carbocycles. The van der Waals surface area contributed by atoms with Gasteiger partial charge in [-0.05, 0) is 18.2 Å². The number of hydrogen-bond donors (Lipinski definition) is 0. The van der Waals surface area contributed by atoms with Crippen molar-refractivity contribution < 1.29 is 4.79 Å². The van der Waals surface area contributed by atoms with Gasteiger partial charge in [0.1, 0.15) is 0 Å². The molecule has 0 unspecified atom stereocenters. The van der Waals surface area contributed by atoms with Crippen LogP contribution in [0.1, 0.15) is 15.9 Å². The molecule has 1 heterocycles. The van der Waals surface area contributed by atoms with E-state index in [1.807, 2.05) is 6.07 Å². The summed E-state index contributed by atoms with van der Waals surface area (Å²) in [5, 5.41) is 9.15. The van der Waals surface area contributed by atoms with Gasteiger partial charge in [-0.25, -0.2) is 0 Å². The fourth-order valence-corrected chi connectivity index (χ4v) is 1.82. The predicted molar refractivity (Wildman–Crippen MR) is 72.4 cm³/mol. The molecule has 0 aliphatic rings. The maximum Gasteiger partial charge on any atom is 0.255 e. The molecule has 1 aromatic heterocycles. The molecule has 0 aliphatic carbocycles. The second-order valence-electron chi connectivity index (χ2n) is 4.26. The Bertz CT molecular complexity index is 656. The molecule has 2 rings (SSSR count). The quantitative estimate of drug-likeness (QED) is 0.823. The molecule has 2 aromatic rings. The summed E-state index contributed by atoms with van der Waals surface area (Å²) < 4.78 is 0. The van der Waals surface area contributed by atoms with Gasteiger partial charge in [0.15, 0.2) is 0 Å². The Morgan fingerprint density at radius 1 is 1.21 bits per heavy atom. The van der Waals surface area contributed by atoms with Crippen LogP contribution in [0.4, 0.5) is 0 Å². The minimum Gasteiger partial charge on any atom is -0.345 e. The van der Waals surface area contributed by atoms with Crippen LogP contribution >= 0.6 is 0 Å². The van der Waals surface area contributed by atoms with E-state index in [1.54, 1.807) is 50.6 Å². The highest BCUT2D eigenvalue weighted by atomic mass is 16.2. The van der Waals surface area contributed by atoms with Gasteiger partial charge in [0.25, 0.3) is 5.91 Å². The number of aromatic nitrogens is 1. The molecule has 0 aliphatic heterocycles. The summed E-state index contributed by atoms with van der Waals surface area (Å²) in [5.74, 6) is -0.129. The number of carbonyl (C=O) groups is 1. The van der Waals surface area contributed by atoms with Crippen LogP contribution in [0.25, 0.3) is 11.3 Å². The molecule has 0 spiro atoms. The smallest absolute Gasteiger partial charge is 0.255 e. The van der Waals surface area contributed by atoms with Crippen LogP contribution in [0.5, 0.6) is 0 Å². The summed E-state index contributed by atoms with van der Waals surface area (Å²) in [5.41, 5.74) is 2.22. The highest BCUT2D eigenvalue weighted by Crippen LogP contribution is 2.25. The molecule has 0 N–H and O–H groups in total. The Morgan fingerprint density at radius 3 is 2.63 bits per heavy atom. The molecule has 4 nitrogen and oxygen atoms in total. The van der Waals surface area contributed by atoms with Crippen LogP contribution < -0.4 is 0 Å². The third-order valence-corrected chi connectivity index (χ3v) is 2.75. The molecule has 0 saturated carbocycles. The topological polar surface area (TPSA) is 57.0 Å². The molecule has 0 atom stereocenters. The average molecular weight is 251 g/mol. The normalized spacial score (nSPS) is 9.74. The Kier molecular flexibility index (Phi) is 3.58. The summed E-state index contributed by atoms with van der Waals surface area (Å²) in [4.78, 5) is 17.9. The number of nitrogens with zero attached hydrogens (tertiary/aromatic N) is 3. The molecular weight excluding hydrogens is 238 g/mol. The number of hydrogen-bond acceptors (Lipinski definition) is 3. The van der Waals surface area contributed by atoms with E-state index in [-0.39, 0.29) is 5.91 Å². The maximum atomic E-state index is 12.1. The first-order valence-corrected chi connectivity index (χ1v) is 5.81. The first-order valence-electron chi connectivity index (χ1n) is 5.81. The number of amides is 1. The highest BCUT2D eigenvalue weighted by Gasteiger charge is 2.17. The van der Waals surface area contributed by atoms with Crippen molar-refractivity contribution in [2.75, 3.05) is 14.1 Å². The zero-order chi connectivity index (χ0) is 13.8. The van der Waals surface area contributed by atoms with E-state index in [0.717, 1.165) is 0 Å². The zero-order valence-corrected chi connectivity index (χ0v) is 10.8. The average Bonchev–Trinajstić information content (AvgIpc) is 2.46. The minimum atomic E-state index is -0.129. The lowest BCUT2D eigenvalue weighted by molar-refractivity contribution is 0.0828. The zero-order valence-electron chi connectivity index (χ0n) is 10.8. The van der Waals surface area contributed by atoms with Gasteiger partial charge in [0.05, 0.1) is 22.9 Å². The number of pyridine rings is 1. The SMILES string of the molecule is CN(C)C(=O)c1cccnc1-c1ccccc1C#N. The predicted octanol–water partition coefficient (Wildman–Crippen LogP) is 2.32. The van der Waals surface area contributed by atoms with E-state index < -0.39 is 0 Å². The van der Waals surface area contributed by atoms with Crippen LogP contribution in [0.2, 0.25) is 0 Å². The lowest BCUT2D eigenvalue weighted by atomic mass is 10.0. The van der Waals surface area contributed by atoms with Gasteiger partial charge in [0, 0.05) is 25.9 Å². The van der Waals surface area contributed by atoms with Gasteiger partial charge in [0.2, 0.25) is 0 Å². The van der Waals surface area contributed by atoms with E-state index in [0.29, 0.717) is 22.4 Å². The summed E-state index contributed by atoms with van der Waals surface area (Å²) in [7, 11) is 3.38. The van der Waals surface area contributed by atoms with Crippen molar-refractivity contribution in [1.29, 1.82) is 5.26 Å².